The highest BCUT2D eigenvalue weighted by atomic mass is 79.9. The Morgan fingerprint density at radius 3 is 2.65 bits per heavy atom. The molecule has 1 amide bonds. The zero-order valence-corrected chi connectivity index (χ0v) is 12.5. The molecule has 0 N–H and O–H groups in total. The normalized spacial score (nSPS) is 15.0. The second-order valence-corrected chi connectivity index (χ2v) is 5.50. The predicted octanol–water partition coefficient (Wildman–Crippen LogP) is 2.76. The van der Waals surface area contributed by atoms with Crippen molar-refractivity contribution in [2.45, 2.75) is 19.3 Å². The van der Waals surface area contributed by atoms with Crippen LogP contribution in [0.1, 0.15) is 29.6 Å². The summed E-state index contributed by atoms with van der Waals surface area (Å²) < 4.78 is 18.5. The van der Waals surface area contributed by atoms with Gasteiger partial charge in [0, 0.05) is 17.6 Å². The number of rotatable bonds is 3. The van der Waals surface area contributed by atoms with Crippen LogP contribution in [0.25, 0.3) is 0 Å². The molecule has 1 fully saturated rings. The molecule has 1 heterocycles. The first-order valence-corrected chi connectivity index (χ1v) is 7.27. The minimum absolute atomic E-state index is 0.0800. The fourth-order valence-corrected chi connectivity index (χ4v) is 2.50. The summed E-state index contributed by atoms with van der Waals surface area (Å²) in [4.78, 5) is 25.4. The molecule has 6 heteroatoms. The number of amides is 1. The van der Waals surface area contributed by atoms with Crippen LogP contribution in [0.15, 0.2) is 22.7 Å². The molecule has 1 saturated heterocycles. The van der Waals surface area contributed by atoms with E-state index in [1.54, 1.807) is 4.90 Å². The van der Waals surface area contributed by atoms with Crippen LogP contribution < -0.4 is 0 Å². The lowest BCUT2D eigenvalue weighted by molar-refractivity contribution is -0.135. The average molecular weight is 344 g/mol. The van der Waals surface area contributed by atoms with Crippen molar-refractivity contribution in [1.29, 1.82) is 0 Å². The van der Waals surface area contributed by atoms with Crippen LogP contribution in [0, 0.1) is 5.82 Å². The lowest BCUT2D eigenvalue weighted by atomic mass is 10.1. The molecule has 4 nitrogen and oxygen atoms in total. The van der Waals surface area contributed by atoms with E-state index in [-0.39, 0.29) is 18.1 Å². The molecular formula is C14H15BrFNO3. The van der Waals surface area contributed by atoms with E-state index in [1.807, 2.05) is 0 Å². The van der Waals surface area contributed by atoms with Crippen molar-refractivity contribution in [3.05, 3.63) is 34.1 Å². The lowest BCUT2D eigenvalue weighted by Crippen LogP contribution is -2.38. The quantitative estimate of drug-likeness (QED) is 0.793. The van der Waals surface area contributed by atoms with Gasteiger partial charge in [-0.05, 0) is 53.4 Å². The molecule has 0 aliphatic carbocycles. The summed E-state index contributed by atoms with van der Waals surface area (Å²) in [7, 11) is 0. The molecule has 1 aromatic rings. The predicted molar refractivity (Wildman–Crippen MR) is 74.8 cm³/mol. The van der Waals surface area contributed by atoms with Crippen LogP contribution in [-0.4, -0.2) is 36.5 Å². The number of ether oxygens (including phenoxy) is 1. The van der Waals surface area contributed by atoms with Crippen molar-refractivity contribution in [2.75, 3.05) is 19.7 Å². The molecule has 1 aliphatic heterocycles. The van der Waals surface area contributed by atoms with Gasteiger partial charge >= 0.3 is 5.97 Å². The monoisotopic (exact) mass is 343 g/mol. The number of esters is 1. The summed E-state index contributed by atoms with van der Waals surface area (Å²) in [6, 6.07) is 3.75. The third kappa shape index (κ3) is 3.79. The standard InChI is InChI=1S/C14H15BrFNO3/c15-12-5-4-10(16)8-11(12)14(19)20-9-13(18)17-6-2-1-3-7-17/h4-5,8H,1-3,6-7,9H2. The van der Waals surface area contributed by atoms with Gasteiger partial charge in [0.15, 0.2) is 6.61 Å². The fraction of sp³-hybridized carbons (Fsp3) is 0.429. The maximum absolute atomic E-state index is 13.1. The fourth-order valence-electron chi connectivity index (χ4n) is 2.09. The highest BCUT2D eigenvalue weighted by Gasteiger charge is 2.19. The van der Waals surface area contributed by atoms with E-state index in [2.05, 4.69) is 15.9 Å². The number of hydrogen-bond donors (Lipinski definition) is 0. The highest BCUT2D eigenvalue weighted by molar-refractivity contribution is 9.10. The molecule has 0 aromatic heterocycles. The number of halogens is 2. The molecule has 20 heavy (non-hydrogen) atoms. The van der Waals surface area contributed by atoms with Crippen LogP contribution in [-0.2, 0) is 9.53 Å². The van der Waals surface area contributed by atoms with Crippen LogP contribution in [0.4, 0.5) is 4.39 Å². The number of carbonyl (C=O) groups excluding carboxylic acids is 2. The van der Waals surface area contributed by atoms with Gasteiger partial charge in [0.05, 0.1) is 5.56 Å². The molecule has 1 aliphatic rings. The van der Waals surface area contributed by atoms with Crippen molar-refractivity contribution >= 4 is 27.8 Å². The van der Waals surface area contributed by atoms with E-state index in [0.717, 1.165) is 25.3 Å². The molecule has 0 saturated carbocycles. The molecule has 0 radical (unpaired) electrons. The van der Waals surface area contributed by atoms with Gasteiger partial charge < -0.3 is 9.64 Å². The molecule has 0 unspecified atom stereocenters. The number of nitrogens with zero attached hydrogens (tertiary/aromatic N) is 1. The summed E-state index contributed by atoms with van der Waals surface area (Å²) in [5, 5.41) is 0. The summed E-state index contributed by atoms with van der Waals surface area (Å²) in [6.45, 7) is 1.11. The summed E-state index contributed by atoms with van der Waals surface area (Å²) >= 11 is 3.15. The van der Waals surface area contributed by atoms with E-state index in [4.69, 9.17) is 4.74 Å². The van der Waals surface area contributed by atoms with Gasteiger partial charge in [-0.25, -0.2) is 9.18 Å². The van der Waals surface area contributed by atoms with Crippen molar-refractivity contribution in [3.8, 4) is 0 Å². The van der Waals surface area contributed by atoms with Crippen molar-refractivity contribution < 1.29 is 18.7 Å². The number of carbonyl (C=O) groups is 2. The van der Waals surface area contributed by atoms with E-state index >= 15 is 0 Å². The van der Waals surface area contributed by atoms with Crippen molar-refractivity contribution in [2.24, 2.45) is 0 Å². The van der Waals surface area contributed by atoms with Crippen LogP contribution in [0.3, 0.4) is 0 Å². The Balaban J connectivity index is 1.91. The number of piperidine rings is 1. The number of benzene rings is 1. The lowest BCUT2D eigenvalue weighted by Gasteiger charge is -2.26. The van der Waals surface area contributed by atoms with Crippen molar-refractivity contribution in [1.82, 2.24) is 4.90 Å². The maximum Gasteiger partial charge on any atom is 0.339 e. The van der Waals surface area contributed by atoms with Gasteiger partial charge in [0.25, 0.3) is 5.91 Å². The second-order valence-electron chi connectivity index (χ2n) is 4.64. The second kappa shape index (κ2) is 6.83. The Labute approximate surface area is 125 Å². The minimum atomic E-state index is -0.707. The Kier molecular flexibility index (Phi) is 5.11. The molecule has 2 rings (SSSR count). The first-order chi connectivity index (χ1) is 9.58. The van der Waals surface area contributed by atoms with Gasteiger partial charge in [-0.2, -0.15) is 0 Å². The zero-order chi connectivity index (χ0) is 14.5. The number of likely N-dealkylation sites (tertiary alicyclic amines) is 1. The molecule has 108 valence electrons. The summed E-state index contributed by atoms with van der Waals surface area (Å²) in [5.41, 5.74) is 0.0800. The molecule has 1 aromatic carbocycles. The van der Waals surface area contributed by atoms with Crippen LogP contribution in [0.2, 0.25) is 0 Å². The van der Waals surface area contributed by atoms with E-state index in [0.29, 0.717) is 17.6 Å². The van der Waals surface area contributed by atoms with Gasteiger partial charge in [-0.15, -0.1) is 0 Å². The van der Waals surface area contributed by atoms with Gasteiger partial charge in [0.1, 0.15) is 5.82 Å². The van der Waals surface area contributed by atoms with Crippen molar-refractivity contribution in [3.63, 3.8) is 0 Å². The molecule has 0 spiro atoms. The Morgan fingerprint density at radius 1 is 1.25 bits per heavy atom. The van der Waals surface area contributed by atoms with E-state index in [1.165, 1.54) is 12.1 Å². The first kappa shape index (κ1) is 15.0. The Morgan fingerprint density at radius 2 is 1.95 bits per heavy atom. The average Bonchev–Trinajstić information content (AvgIpc) is 2.47. The summed E-state index contributed by atoms with van der Waals surface area (Å²) in [6.07, 6.45) is 3.09. The maximum atomic E-state index is 13.1. The summed E-state index contributed by atoms with van der Waals surface area (Å²) in [5.74, 6) is -1.44. The Hall–Kier alpha value is -1.43. The zero-order valence-electron chi connectivity index (χ0n) is 10.9. The van der Waals surface area contributed by atoms with Gasteiger partial charge in [-0.1, -0.05) is 0 Å². The molecular weight excluding hydrogens is 329 g/mol. The van der Waals surface area contributed by atoms with E-state index < -0.39 is 11.8 Å². The van der Waals surface area contributed by atoms with Gasteiger partial charge in [0.2, 0.25) is 0 Å². The number of hydrogen-bond acceptors (Lipinski definition) is 3. The van der Waals surface area contributed by atoms with Crippen LogP contribution in [0.5, 0.6) is 0 Å². The van der Waals surface area contributed by atoms with Gasteiger partial charge in [-0.3, -0.25) is 4.79 Å². The topological polar surface area (TPSA) is 46.6 Å². The van der Waals surface area contributed by atoms with Crippen LogP contribution >= 0.6 is 15.9 Å². The molecule has 0 atom stereocenters. The third-order valence-electron chi connectivity index (χ3n) is 3.18. The highest BCUT2D eigenvalue weighted by Crippen LogP contribution is 2.19. The first-order valence-electron chi connectivity index (χ1n) is 6.48. The minimum Gasteiger partial charge on any atom is -0.452 e. The largest absolute Gasteiger partial charge is 0.452 e. The Bertz CT molecular complexity index is 515. The SMILES string of the molecule is O=C(OCC(=O)N1CCCCC1)c1cc(F)ccc1Br. The van der Waals surface area contributed by atoms with E-state index in [9.17, 15) is 14.0 Å². The smallest absolute Gasteiger partial charge is 0.339 e. The third-order valence-corrected chi connectivity index (χ3v) is 3.88. The molecule has 0 bridgehead atoms.